The van der Waals surface area contributed by atoms with Gasteiger partial charge in [0.25, 0.3) is 0 Å². The number of benzene rings is 1. The van der Waals surface area contributed by atoms with Crippen molar-refractivity contribution in [3.63, 3.8) is 0 Å². The largest absolute Gasteiger partial charge is 0.494 e. The van der Waals surface area contributed by atoms with Gasteiger partial charge in [0.2, 0.25) is 0 Å². The molecule has 0 aliphatic carbocycles. The molecule has 1 aromatic heterocycles. The Labute approximate surface area is 100 Å². The molecule has 3 heteroatoms. The van der Waals surface area contributed by atoms with E-state index in [0.717, 1.165) is 28.7 Å². The molecule has 0 spiro atoms. The number of furan rings is 1. The van der Waals surface area contributed by atoms with E-state index >= 15 is 0 Å². The van der Waals surface area contributed by atoms with Crippen molar-refractivity contribution in [1.29, 1.82) is 0 Å². The molecular weight excluding hydrogens is 216 g/mol. The zero-order chi connectivity index (χ0) is 12.4. The molecule has 0 amide bonds. The van der Waals surface area contributed by atoms with Gasteiger partial charge in [0.05, 0.1) is 6.61 Å². The number of ketones is 1. The standard InChI is InChI=1S/C14H16O3/c1-4-7-16-11-5-6-13-12(8-11)9(2)14(17-13)10(3)15/h5-6,8H,4,7H2,1-3H3. The maximum atomic E-state index is 11.4. The molecule has 2 rings (SSSR count). The summed E-state index contributed by atoms with van der Waals surface area (Å²) < 4.78 is 11.1. The van der Waals surface area contributed by atoms with Crippen molar-refractivity contribution in [2.45, 2.75) is 27.2 Å². The fourth-order valence-corrected chi connectivity index (χ4v) is 1.85. The lowest BCUT2D eigenvalue weighted by molar-refractivity contribution is 0.0988. The summed E-state index contributed by atoms with van der Waals surface area (Å²) in [6, 6.07) is 5.64. The molecule has 0 radical (unpaired) electrons. The van der Waals surface area contributed by atoms with E-state index in [1.165, 1.54) is 6.92 Å². The second-order valence-electron chi connectivity index (χ2n) is 4.12. The van der Waals surface area contributed by atoms with Crippen LogP contribution in [0.4, 0.5) is 0 Å². The number of carbonyl (C=O) groups is 1. The summed E-state index contributed by atoms with van der Waals surface area (Å²) >= 11 is 0. The van der Waals surface area contributed by atoms with E-state index in [9.17, 15) is 4.79 Å². The zero-order valence-electron chi connectivity index (χ0n) is 10.4. The number of fused-ring (bicyclic) bond motifs is 1. The number of hydrogen-bond acceptors (Lipinski definition) is 3. The normalized spacial score (nSPS) is 10.8. The highest BCUT2D eigenvalue weighted by Crippen LogP contribution is 2.29. The predicted octanol–water partition coefficient (Wildman–Crippen LogP) is 3.73. The van der Waals surface area contributed by atoms with Gasteiger partial charge < -0.3 is 9.15 Å². The Morgan fingerprint density at radius 2 is 2.18 bits per heavy atom. The highest BCUT2D eigenvalue weighted by molar-refractivity contribution is 5.99. The molecule has 1 heterocycles. The zero-order valence-corrected chi connectivity index (χ0v) is 10.4. The van der Waals surface area contributed by atoms with Crippen molar-refractivity contribution >= 4 is 16.8 Å². The monoisotopic (exact) mass is 232 g/mol. The van der Waals surface area contributed by atoms with Gasteiger partial charge in [-0.25, -0.2) is 0 Å². The topological polar surface area (TPSA) is 39.4 Å². The Balaban J connectivity index is 2.46. The first-order chi connectivity index (χ1) is 8.13. The SMILES string of the molecule is CCCOc1ccc2oc(C(C)=O)c(C)c2c1. The van der Waals surface area contributed by atoms with Gasteiger partial charge in [0.1, 0.15) is 11.3 Å². The summed E-state index contributed by atoms with van der Waals surface area (Å²) in [5, 5.41) is 0.948. The lowest BCUT2D eigenvalue weighted by Crippen LogP contribution is -1.94. The summed E-state index contributed by atoms with van der Waals surface area (Å²) in [4.78, 5) is 11.4. The van der Waals surface area contributed by atoms with Crippen molar-refractivity contribution in [2.24, 2.45) is 0 Å². The van der Waals surface area contributed by atoms with E-state index in [1.807, 2.05) is 25.1 Å². The van der Waals surface area contributed by atoms with Gasteiger partial charge in [0.15, 0.2) is 11.5 Å². The Bertz CT molecular complexity index is 552. The number of rotatable bonds is 4. The molecule has 17 heavy (non-hydrogen) atoms. The Hall–Kier alpha value is -1.77. The molecule has 3 nitrogen and oxygen atoms in total. The van der Waals surface area contributed by atoms with Crippen LogP contribution in [0.3, 0.4) is 0 Å². The minimum Gasteiger partial charge on any atom is -0.494 e. The Kier molecular flexibility index (Phi) is 3.18. The van der Waals surface area contributed by atoms with Crippen LogP contribution in [0.5, 0.6) is 5.75 Å². The lowest BCUT2D eigenvalue weighted by atomic mass is 10.1. The summed E-state index contributed by atoms with van der Waals surface area (Å²) in [5.41, 5.74) is 1.62. The molecule has 0 aliphatic heterocycles. The molecule has 0 saturated heterocycles. The molecule has 0 fully saturated rings. The van der Waals surface area contributed by atoms with E-state index in [2.05, 4.69) is 6.92 Å². The van der Waals surface area contributed by atoms with Gasteiger partial charge in [-0.05, 0) is 31.5 Å². The second kappa shape index (κ2) is 4.62. The fourth-order valence-electron chi connectivity index (χ4n) is 1.85. The predicted molar refractivity (Wildman–Crippen MR) is 66.7 cm³/mol. The summed E-state index contributed by atoms with van der Waals surface area (Å²) in [6.07, 6.45) is 0.973. The van der Waals surface area contributed by atoms with E-state index < -0.39 is 0 Å². The van der Waals surface area contributed by atoms with Gasteiger partial charge >= 0.3 is 0 Å². The van der Waals surface area contributed by atoms with Crippen molar-refractivity contribution in [3.05, 3.63) is 29.5 Å². The van der Waals surface area contributed by atoms with Crippen LogP contribution in [0.2, 0.25) is 0 Å². The van der Waals surface area contributed by atoms with Crippen molar-refractivity contribution in [3.8, 4) is 5.75 Å². The van der Waals surface area contributed by atoms with Gasteiger partial charge in [-0.3, -0.25) is 4.79 Å². The van der Waals surface area contributed by atoms with Gasteiger partial charge in [-0.1, -0.05) is 6.92 Å². The smallest absolute Gasteiger partial charge is 0.195 e. The molecule has 2 aromatic rings. The first kappa shape index (κ1) is 11.7. The van der Waals surface area contributed by atoms with Crippen LogP contribution in [0.25, 0.3) is 11.0 Å². The van der Waals surface area contributed by atoms with E-state index in [4.69, 9.17) is 9.15 Å². The maximum Gasteiger partial charge on any atom is 0.195 e. The third kappa shape index (κ3) is 2.18. The van der Waals surface area contributed by atoms with Crippen LogP contribution in [0, 0.1) is 6.92 Å². The van der Waals surface area contributed by atoms with Gasteiger partial charge in [0, 0.05) is 17.9 Å². The van der Waals surface area contributed by atoms with Crippen LogP contribution in [-0.2, 0) is 0 Å². The minimum atomic E-state index is -0.0465. The minimum absolute atomic E-state index is 0.0465. The summed E-state index contributed by atoms with van der Waals surface area (Å²) in [7, 11) is 0. The first-order valence-corrected chi connectivity index (χ1v) is 5.80. The highest BCUT2D eigenvalue weighted by atomic mass is 16.5. The number of aryl methyl sites for hydroxylation is 1. The average molecular weight is 232 g/mol. The molecule has 0 bridgehead atoms. The molecule has 0 aliphatic rings. The third-order valence-electron chi connectivity index (χ3n) is 2.70. The average Bonchev–Trinajstić information content (AvgIpc) is 2.64. The number of hydrogen-bond donors (Lipinski definition) is 0. The molecule has 1 aromatic carbocycles. The van der Waals surface area contributed by atoms with Crippen molar-refractivity contribution in [1.82, 2.24) is 0 Å². The van der Waals surface area contributed by atoms with E-state index in [1.54, 1.807) is 0 Å². The maximum absolute atomic E-state index is 11.4. The lowest BCUT2D eigenvalue weighted by Gasteiger charge is -2.03. The van der Waals surface area contributed by atoms with E-state index in [-0.39, 0.29) is 5.78 Å². The number of ether oxygens (including phenoxy) is 1. The van der Waals surface area contributed by atoms with Crippen LogP contribution >= 0.6 is 0 Å². The van der Waals surface area contributed by atoms with Crippen LogP contribution < -0.4 is 4.74 Å². The third-order valence-corrected chi connectivity index (χ3v) is 2.70. The molecule has 0 atom stereocenters. The molecule has 0 saturated carbocycles. The highest BCUT2D eigenvalue weighted by Gasteiger charge is 2.14. The molecular formula is C14H16O3. The molecule has 0 N–H and O–H groups in total. The van der Waals surface area contributed by atoms with Crippen LogP contribution in [-0.4, -0.2) is 12.4 Å². The Morgan fingerprint density at radius 1 is 1.41 bits per heavy atom. The van der Waals surface area contributed by atoms with Crippen molar-refractivity contribution in [2.75, 3.05) is 6.61 Å². The molecule has 0 unspecified atom stereocenters. The Morgan fingerprint density at radius 3 is 2.82 bits per heavy atom. The number of Topliss-reactive ketones (excluding diaryl/α,β-unsaturated/α-hetero) is 1. The summed E-state index contributed by atoms with van der Waals surface area (Å²) in [6.45, 7) is 6.17. The van der Waals surface area contributed by atoms with Gasteiger partial charge in [-0.15, -0.1) is 0 Å². The van der Waals surface area contributed by atoms with Gasteiger partial charge in [-0.2, -0.15) is 0 Å². The van der Waals surface area contributed by atoms with Crippen LogP contribution in [0.15, 0.2) is 22.6 Å². The van der Waals surface area contributed by atoms with Crippen molar-refractivity contribution < 1.29 is 13.9 Å². The fraction of sp³-hybridized carbons (Fsp3) is 0.357. The summed E-state index contributed by atoms with van der Waals surface area (Å²) in [5.74, 6) is 1.21. The molecule has 90 valence electrons. The number of carbonyl (C=O) groups excluding carboxylic acids is 1. The first-order valence-electron chi connectivity index (χ1n) is 5.80. The second-order valence-corrected chi connectivity index (χ2v) is 4.12. The van der Waals surface area contributed by atoms with E-state index in [0.29, 0.717) is 12.4 Å². The quantitative estimate of drug-likeness (QED) is 0.754. The van der Waals surface area contributed by atoms with Crippen LogP contribution in [0.1, 0.15) is 36.4 Å².